The van der Waals surface area contributed by atoms with Crippen LogP contribution in [0.3, 0.4) is 0 Å². The van der Waals surface area contributed by atoms with E-state index in [1.807, 2.05) is 0 Å². The van der Waals surface area contributed by atoms with Gasteiger partial charge in [0.1, 0.15) is 16.8 Å². The Kier molecular flexibility index (Phi) is 5.01. The number of nitrogens with zero attached hydrogens (tertiary/aromatic N) is 3. The van der Waals surface area contributed by atoms with E-state index in [4.69, 9.17) is 9.47 Å². The summed E-state index contributed by atoms with van der Waals surface area (Å²) in [7, 11) is -3.70. The molecule has 1 aromatic carbocycles. The number of nitrogens with one attached hydrogen (secondary N) is 2. The molecule has 2 N–H and O–H groups in total. The summed E-state index contributed by atoms with van der Waals surface area (Å²) in [6.07, 6.45) is 4.17. The lowest BCUT2D eigenvalue weighted by Crippen LogP contribution is -2.24. The molecule has 10 heteroatoms. The maximum Gasteiger partial charge on any atom is 0.240 e. The van der Waals surface area contributed by atoms with E-state index < -0.39 is 10.0 Å². The molecule has 1 atom stereocenters. The molecule has 1 aliphatic heterocycles. The van der Waals surface area contributed by atoms with Crippen LogP contribution in [0.5, 0.6) is 5.75 Å². The van der Waals surface area contributed by atoms with Crippen LogP contribution < -0.4 is 9.46 Å². The van der Waals surface area contributed by atoms with Crippen LogP contribution in [0.15, 0.2) is 41.6 Å². The minimum atomic E-state index is -3.70. The van der Waals surface area contributed by atoms with Gasteiger partial charge in [-0.3, -0.25) is 4.98 Å². The Morgan fingerprint density at radius 3 is 3.00 bits per heavy atom. The summed E-state index contributed by atoms with van der Waals surface area (Å²) in [5.74, 6) is 0.919. The average Bonchev–Trinajstić information content (AvgIpc) is 3.36. The average molecular weight is 389 g/mol. The lowest BCUT2D eigenvalue weighted by atomic mass is 10.1. The number of ether oxygens (including phenoxy) is 2. The predicted molar refractivity (Wildman–Crippen MR) is 96.6 cm³/mol. The van der Waals surface area contributed by atoms with Gasteiger partial charge < -0.3 is 9.47 Å². The molecule has 9 nitrogen and oxygen atoms in total. The minimum Gasteiger partial charge on any atom is -0.491 e. The van der Waals surface area contributed by atoms with Crippen LogP contribution in [0.1, 0.15) is 12.0 Å². The molecule has 2 aromatic heterocycles. The second kappa shape index (κ2) is 7.59. The molecule has 1 unspecified atom stereocenters. The highest BCUT2D eigenvalue weighted by Crippen LogP contribution is 2.21. The third kappa shape index (κ3) is 4.07. The van der Waals surface area contributed by atoms with Crippen molar-refractivity contribution in [1.29, 1.82) is 0 Å². The number of aromatic nitrogens is 4. The van der Waals surface area contributed by atoms with Gasteiger partial charge in [0.05, 0.1) is 24.3 Å². The zero-order chi connectivity index (χ0) is 18.7. The summed E-state index contributed by atoms with van der Waals surface area (Å²) in [6, 6.07) is 6.32. The van der Waals surface area contributed by atoms with Crippen LogP contribution in [0.2, 0.25) is 0 Å². The van der Waals surface area contributed by atoms with Crippen LogP contribution in [0, 0.1) is 5.92 Å². The Labute approximate surface area is 156 Å². The fourth-order valence-corrected chi connectivity index (χ4v) is 3.88. The van der Waals surface area contributed by atoms with Crippen molar-refractivity contribution in [2.45, 2.75) is 17.9 Å². The van der Waals surface area contributed by atoms with Crippen molar-refractivity contribution in [1.82, 2.24) is 25.1 Å². The Morgan fingerprint density at radius 1 is 1.26 bits per heavy atom. The normalized spacial score (nSPS) is 17.4. The molecular formula is C17H19N5O4S. The van der Waals surface area contributed by atoms with Crippen molar-refractivity contribution in [3.63, 3.8) is 0 Å². The smallest absolute Gasteiger partial charge is 0.240 e. The van der Waals surface area contributed by atoms with Gasteiger partial charge in [0.25, 0.3) is 0 Å². The monoisotopic (exact) mass is 389 g/mol. The van der Waals surface area contributed by atoms with E-state index in [1.165, 1.54) is 12.1 Å². The van der Waals surface area contributed by atoms with Crippen molar-refractivity contribution < 1.29 is 17.9 Å². The first-order valence-corrected chi connectivity index (χ1v) is 10.0. The molecule has 0 amide bonds. The lowest BCUT2D eigenvalue weighted by molar-refractivity contribution is 0.166. The van der Waals surface area contributed by atoms with E-state index in [-0.39, 0.29) is 11.4 Å². The van der Waals surface area contributed by atoms with Crippen molar-refractivity contribution in [2.75, 3.05) is 19.8 Å². The van der Waals surface area contributed by atoms with E-state index in [0.717, 1.165) is 18.6 Å². The number of fused-ring (bicyclic) bond motifs is 1. The lowest BCUT2D eigenvalue weighted by Gasteiger charge is -2.14. The molecule has 27 heavy (non-hydrogen) atoms. The van der Waals surface area contributed by atoms with Gasteiger partial charge in [0.15, 0.2) is 0 Å². The van der Waals surface area contributed by atoms with Gasteiger partial charge in [-0.05, 0) is 30.7 Å². The summed E-state index contributed by atoms with van der Waals surface area (Å²) >= 11 is 0. The van der Waals surface area contributed by atoms with Crippen LogP contribution in [0.4, 0.5) is 0 Å². The van der Waals surface area contributed by atoms with Gasteiger partial charge in [-0.1, -0.05) is 0 Å². The molecule has 1 aliphatic rings. The van der Waals surface area contributed by atoms with Gasteiger partial charge in [-0.15, -0.1) is 0 Å². The second-order valence-corrected chi connectivity index (χ2v) is 8.09. The standard InChI is InChI=1S/C17H19N5O4S/c23-27(24,14-1-2-15-16(7-14)21-22-20-15)19-8-13-3-5-18-9-17(13)26-11-12-4-6-25-10-12/h1-3,5,7,9,12,19H,4,6,8,10-11H2,(H,20,21,22). The van der Waals surface area contributed by atoms with E-state index in [2.05, 4.69) is 25.1 Å². The number of rotatable bonds is 7. The van der Waals surface area contributed by atoms with Gasteiger partial charge in [-0.25, -0.2) is 13.1 Å². The first kappa shape index (κ1) is 17.8. The third-order valence-corrected chi connectivity index (χ3v) is 5.82. The molecule has 0 spiro atoms. The largest absolute Gasteiger partial charge is 0.491 e. The van der Waals surface area contributed by atoms with E-state index in [0.29, 0.717) is 35.9 Å². The number of H-pyrrole nitrogens is 1. The van der Waals surface area contributed by atoms with Crippen molar-refractivity contribution in [3.8, 4) is 5.75 Å². The van der Waals surface area contributed by atoms with Gasteiger partial charge in [0.2, 0.25) is 10.0 Å². The number of benzene rings is 1. The number of hydrogen-bond acceptors (Lipinski definition) is 7. The highest BCUT2D eigenvalue weighted by molar-refractivity contribution is 7.89. The summed E-state index contributed by atoms with van der Waals surface area (Å²) < 4.78 is 39.0. The second-order valence-electron chi connectivity index (χ2n) is 6.32. The molecule has 0 radical (unpaired) electrons. The molecule has 0 aliphatic carbocycles. The Bertz CT molecular complexity index is 1030. The quantitative estimate of drug-likeness (QED) is 0.624. The molecule has 1 fully saturated rings. The molecule has 3 heterocycles. The maximum absolute atomic E-state index is 12.6. The highest BCUT2D eigenvalue weighted by atomic mass is 32.2. The number of aromatic amines is 1. The number of pyridine rings is 1. The molecule has 3 aromatic rings. The van der Waals surface area contributed by atoms with Gasteiger partial charge >= 0.3 is 0 Å². The van der Waals surface area contributed by atoms with Crippen LogP contribution in [0.25, 0.3) is 11.0 Å². The Morgan fingerprint density at radius 2 is 2.15 bits per heavy atom. The summed E-state index contributed by atoms with van der Waals surface area (Å²) in [5.41, 5.74) is 1.81. The Hall–Kier alpha value is -2.56. The van der Waals surface area contributed by atoms with E-state index in [1.54, 1.807) is 24.5 Å². The SMILES string of the molecule is O=S(=O)(NCc1ccncc1OCC1CCOC1)c1ccc2n[nH]nc2c1. The highest BCUT2D eigenvalue weighted by Gasteiger charge is 2.19. The number of sulfonamides is 1. The fourth-order valence-electron chi connectivity index (χ4n) is 2.85. The topological polar surface area (TPSA) is 119 Å². The molecule has 0 bridgehead atoms. The maximum atomic E-state index is 12.6. The van der Waals surface area contributed by atoms with Crippen LogP contribution >= 0.6 is 0 Å². The Balaban J connectivity index is 1.45. The van der Waals surface area contributed by atoms with Crippen LogP contribution in [-0.2, 0) is 21.3 Å². The van der Waals surface area contributed by atoms with Gasteiger partial charge in [0, 0.05) is 30.8 Å². The zero-order valence-electron chi connectivity index (χ0n) is 14.5. The minimum absolute atomic E-state index is 0.0954. The van der Waals surface area contributed by atoms with Gasteiger partial charge in [-0.2, -0.15) is 15.4 Å². The van der Waals surface area contributed by atoms with Crippen molar-refractivity contribution in [2.24, 2.45) is 5.92 Å². The number of hydrogen-bond donors (Lipinski definition) is 2. The predicted octanol–water partition coefficient (Wildman–Crippen LogP) is 1.25. The summed E-state index contributed by atoms with van der Waals surface area (Å²) in [4.78, 5) is 4.20. The van der Waals surface area contributed by atoms with Crippen molar-refractivity contribution in [3.05, 3.63) is 42.2 Å². The van der Waals surface area contributed by atoms with E-state index >= 15 is 0 Å². The first-order chi connectivity index (χ1) is 13.1. The molecule has 1 saturated heterocycles. The molecular weight excluding hydrogens is 370 g/mol. The van der Waals surface area contributed by atoms with E-state index in [9.17, 15) is 8.42 Å². The summed E-state index contributed by atoms with van der Waals surface area (Å²) in [5, 5.41) is 10.3. The van der Waals surface area contributed by atoms with Crippen LogP contribution in [-0.4, -0.2) is 48.6 Å². The molecule has 4 rings (SSSR count). The first-order valence-electron chi connectivity index (χ1n) is 8.55. The molecule has 142 valence electrons. The van der Waals surface area contributed by atoms with Crippen molar-refractivity contribution >= 4 is 21.1 Å². The molecule has 0 saturated carbocycles. The summed E-state index contributed by atoms with van der Waals surface area (Å²) in [6.45, 7) is 2.06. The zero-order valence-corrected chi connectivity index (χ0v) is 15.3. The third-order valence-electron chi connectivity index (χ3n) is 4.42. The fraction of sp³-hybridized carbons (Fsp3) is 0.353.